The van der Waals surface area contributed by atoms with E-state index in [0.29, 0.717) is 12.2 Å². The van der Waals surface area contributed by atoms with Crippen LogP contribution in [0.3, 0.4) is 0 Å². The van der Waals surface area contributed by atoms with Gasteiger partial charge in [0.1, 0.15) is 11.5 Å². The van der Waals surface area contributed by atoms with Gasteiger partial charge in [0.2, 0.25) is 0 Å². The summed E-state index contributed by atoms with van der Waals surface area (Å²) in [5.74, 6) is 1.60. The van der Waals surface area contributed by atoms with Crippen molar-refractivity contribution in [1.82, 2.24) is 9.88 Å². The minimum Gasteiger partial charge on any atom is -0.497 e. The number of benzene rings is 2. The fourth-order valence-corrected chi connectivity index (χ4v) is 3.64. The van der Waals surface area contributed by atoms with E-state index in [0.717, 1.165) is 59.6 Å². The topological polar surface area (TPSA) is 51.7 Å². The van der Waals surface area contributed by atoms with Gasteiger partial charge in [-0.05, 0) is 50.1 Å². The number of pyridine rings is 1. The molecule has 1 aliphatic rings. The van der Waals surface area contributed by atoms with E-state index in [2.05, 4.69) is 0 Å². The highest BCUT2D eigenvalue weighted by atomic mass is 16.5. The van der Waals surface area contributed by atoms with Gasteiger partial charge in [-0.3, -0.25) is 4.79 Å². The highest BCUT2D eigenvalue weighted by molar-refractivity contribution is 6.00. The molecule has 1 amide bonds. The van der Waals surface area contributed by atoms with E-state index in [-0.39, 0.29) is 5.91 Å². The summed E-state index contributed by atoms with van der Waals surface area (Å²) < 4.78 is 11.2. The average Bonchev–Trinajstić information content (AvgIpc) is 3.28. The zero-order valence-electron chi connectivity index (χ0n) is 16.3. The summed E-state index contributed by atoms with van der Waals surface area (Å²) in [6, 6.07) is 15.4. The second kappa shape index (κ2) is 7.89. The summed E-state index contributed by atoms with van der Waals surface area (Å²) in [5.41, 5.74) is 3.26. The average molecular weight is 376 g/mol. The molecule has 3 aromatic rings. The van der Waals surface area contributed by atoms with Crippen molar-refractivity contribution in [3.8, 4) is 22.8 Å². The largest absolute Gasteiger partial charge is 0.497 e. The summed E-state index contributed by atoms with van der Waals surface area (Å²) in [6.45, 7) is 4.17. The monoisotopic (exact) mass is 376 g/mol. The van der Waals surface area contributed by atoms with Crippen LogP contribution in [-0.2, 0) is 0 Å². The maximum atomic E-state index is 12.8. The van der Waals surface area contributed by atoms with Crippen molar-refractivity contribution >= 4 is 16.8 Å². The molecule has 0 saturated carbocycles. The van der Waals surface area contributed by atoms with Crippen LogP contribution in [0.15, 0.2) is 48.5 Å². The standard InChI is InChI=1S/C23H24N2O3/c1-3-28-22-15-21(16-7-6-8-18(13-16)27-2)24-20-10-9-17(14-19(20)22)23(26)25-11-4-5-12-25/h6-10,13-15H,3-5,11-12H2,1-2H3. The Bertz CT molecular complexity index is 1010. The minimum absolute atomic E-state index is 0.0821. The number of carbonyl (C=O) groups is 1. The summed E-state index contributed by atoms with van der Waals surface area (Å²) in [5, 5.41) is 0.860. The van der Waals surface area contributed by atoms with Gasteiger partial charge in [-0.1, -0.05) is 12.1 Å². The molecule has 1 fully saturated rings. The number of likely N-dealkylation sites (tertiary alicyclic amines) is 1. The number of amides is 1. The van der Waals surface area contributed by atoms with Gasteiger partial charge in [0.05, 0.1) is 24.9 Å². The van der Waals surface area contributed by atoms with Gasteiger partial charge in [-0.2, -0.15) is 0 Å². The van der Waals surface area contributed by atoms with Crippen molar-refractivity contribution in [3.63, 3.8) is 0 Å². The SMILES string of the molecule is CCOc1cc(-c2cccc(OC)c2)nc2ccc(C(=O)N3CCCC3)cc12. The predicted octanol–water partition coefficient (Wildman–Crippen LogP) is 4.55. The summed E-state index contributed by atoms with van der Waals surface area (Å²) in [6.07, 6.45) is 2.16. The van der Waals surface area contributed by atoms with Gasteiger partial charge in [0, 0.05) is 35.7 Å². The maximum absolute atomic E-state index is 12.8. The predicted molar refractivity (Wildman–Crippen MR) is 110 cm³/mol. The van der Waals surface area contributed by atoms with Crippen molar-refractivity contribution in [1.29, 1.82) is 0 Å². The highest BCUT2D eigenvalue weighted by Gasteiger charge is 2.20. The van der Waals surface area contributed by atoms with Gasteiger partial charge in [-0.15, -0.1) is 0 Å². The molecule has 5 heteroatoms. The Morgan fingerprint density at radius 2 is 1.93 bits per heavy atom. The minimum atomic E-state index is 0.0821. The van der Waals surface area contributed by atoms with E-state index in [1.807, 2.05) is 60.4 Å². The molecule has 1 aliphatic heterocycles. The van der Waals surface area contributed by atoms with E-state index in [1.54, 1.807) is 7.11 Å². The van der Waals surface area contributed by atoms with Gasteiger partial charge in [-0.25, -0.2) is 4.98 Å². The molecule has 0 atom stereocenters. The molecule has 0 radical (unpaired) electrons. The normalized spacial score (nSPS) is 13.7. The van der Waals surface area contributed by atoms with Crippen molar-refractivity contribution in [3.05, 3.63) is 54.1 Å². The Morgan fingerprint density at radius 1 is 1.11 bits per heavy atom. The zero-order chi connectivity index (χ0) is 19.5. The van der Waals surface area contributed by atoms with Crippen LogP contribution >= 0.6 is 0 Å². The van der Waals surface area contributed by atoms with Crippen LogP contribution in [0.2, 0.25) is 0 Å². The van der Waals surface area contributed by atoms with Crippen LogP contribution in [0.4, 0.5) is 0 Å². The van der Waals surface area contributed by atoms with E-state index in [9.17, 15) is 4.79 Å². The number of aromatic nitrogens is 1. The number of carbonyl (C=O) groups excluding carboxylic acids is 1. The van der Waals surface area contributed by atoms with Crippen LogP contribution < -0.4 is 9.47 Å². The lowest BCUT2D eigenvalue weighted by Crippen LogP contribution is -2.27. The van der Waals surface area contributed by atoms with Gasteiger partial charge in [0.25, 0.3) is 5.91 Å². The van der Waals surface area contributed by atoms with Crippen LogP contribution in [0, 0.1) is 0 Å². The van der Waals surface area contributed by atoms with Gasteiger partial charge in [0.15, 0.2) is 0 Å². The lowest BCUT2D eigenvalue weighted by atomic mass is 10.1. The molecule has 2 aromatic carbocycles. The first-order valence-corrected chi connectivity index (χ1v) is 9.71. The fraction of sp³-hybridized carbons (Fsp3) is 0.304. The molecule has 0 aliphatic carbocycles. The number of rotatable bonds is 5. The summed E-state index contributed by atoms with van der Waals surface area (Å²) in [4.78, 5) is 19.5. The van der Waals surface area contributed by atoms with Gasteiger partial charge < -0.3 is 14.4 Å². The second-order valence-corrected chi connectivity index (χ2v) is 6.90. The lowest BCUT2D eigenvalue weighted by Gasteiger charge is -2.16. The van der Waals surface area contributed by atoms with Crippen LogP contribution in [0.1, 0.15) is 30.1 Å². The molecular weight excluding hydrogens is 352 g/mol. The first-order valence-electron chi connectivity index (χ1n) is 9.71. The number of ether oxygens (including phenoxy) is 2. The number of nitrogens with zero attached hydrogens (tertiary/aromatic N) is 2. The summed E-state index contributed by atoms with van der Waals surface area (Å²) in [7, 11) is 1.65. The molecule has 1 aromatic heterocycles. The van der Waals surface area contributed by atoms with Crippen molar-refractivity contribution in [2.45, 2.75) is 19.8 Å². The Hall–Kier alpha value is -3.08. The molecular formula is C23H24N2O3. The van der Waals surface area contributed by atoms with Gasteiger partial charge >= 0.3 is 0 Å². The summed E-state index contributed by atoms with van der Waals surface area (Å²) >= 11 is 0. The molecule has 144 valence electrons. The molecule has 0 unspecified atom stereocenters. The lowest BCUT2D eigenvalue weighted by molar-refractivity contribution is 0.0793. The maximum Gasteiger partial charge on any atom is 0.253 e. The molecule has 0 N–H and O–H groups in total. The zero-order valence-corrected chi connectivity index (χ0v) is 16.3. The molecule has 1 saturated heterocycles. The second-order valence-electron chi connectivity index (χ2n) is 6.90. The highest BCUT2D eigenvalue weighted by Crippen LogP contribution is 2.32. The third kappa shape index (κ3) is 3.52. The van der Waals surface area contributed by atoms with Crippen molar-refractivity contribution in [2.75, 3.05) is 26.8 Å². The molecule has 0 bridgehead atoms. The Labute approximate surface area is 164 Å². The van der Waals surface area contributed by atoms with E-state index >= 15 is 0 Å². The van der Waals surface area contributed by atoms with Crippen molar-refractivity contribution in [2.24, 2.45) is 0 Å². The number of hydrogen-bond acceptors (Lipinski definition) is 4. The Balaban J connectivity index is 1.78. The molecule has 5 nitrogen and oxygen atoms in total. The van der Waals surface area contributed by atoms with Crippen LogP contribution in [0.25, 0.3) is 22.2 Å². The first kappa shape index (κ1) is 18.3. The quantitative estimate of drug-likeness (QED) is 0.656. The molecule has 2 heterocycles. The van der Waals surface area contributed by atoms with E-state index in [1.165, 1.54) is 0 Å². The fourth-order valence-electron chi connectivity index (χ4n) is 3.64. The Kier molecular flexibility index (Phi) is 5.15. The smallest absolute Gasteiger partial charge is 0.253 e. The van der Waals surface area contributed by atoms with E-state index in [4.69, 9.17) is 14.5 Å². The Morgan fingerprint density at radius 3 is 2.68 bits per heavy atom. The van der Waals surface area contributed by atoms with Crippen LogP contribution in [-0.4, -0.2) is 42.6 Å². The van der Waals surface area contributed by atoms with Crippen molar-refractivity contribution < 1.29 is 14.3 Å². The molecule has 0 spiro atoms. The molecule has 4 rings (SSSR count). The number of hydrogen-bond donors (Lipinski definition) is 0. The molecule has 28 heavy (non-hydrogen) atoms. The first-order chi connectivity index (χ1) is 13.7. The number of methoxy groups -OCH3 is 1. The number of fused-ring (bicyclic) bond motifs is 1. The third-order valence-corrected chi connectivity index (χ3v) is 5.08. The van der Waals surface area contributed by atoms with E-state index < -0.39 is 0 Å². The third-order valence-electron chi connectivity index (χ3n) is 5.08. The van der Waals surface area contributed by atoms with Crippen LogP contribution in [0.5, 0.6) is 11.5 Å².